The summed E-state index contributed by atoms with van der Waals surface area (Å²) >= 11 is 6.11. The van der Waals surface area contributed by atoms with Crippen molar-refractivity contribution in [2.75, 3.05) is 29.0 Å². The Bertz CT molecular complexity index is 1390. The van der Waals surface area contributed by atoms with Crippen molar-refractivity contribution in [2.45, 2.75) is 39.7 Å². The Morgan fingerprint density at radius 1 is 1.14 bits per heavy atom. The van der Waals surface area contributed by atoms with Crippen LogP contribution in [0.15, 0.2) is 36.8 Å². The zero-order valence-corrected chi connectivity index (χ0v) is 21.6. The van der Waals surface area contributed by atoms with Gasteiger partial charge in [-0.3, -0.25) is 4.72 Å². The number of nitrogens with one attached hydrogen (secondary N) is 1. The highest BCUT2D eigenvalue weighted by atomic mass is 35.5. The molecule has 10 heteroatoms. The van der Waals surface area contributed by atoms with Gasteiger partial charge in [-0.2, -0.15) is 0 Å². The van der Waals surface area contributed by atoms with Gasteiger partial charge >= 0.3 is 0 Å². The maximum Gasteiger partial charge on any atom is 0.229 e. The molecular weight excluding hydrogens is 486 g/mol. The molecule has 0 spiro atoms. The van der Waals surface area contributed by atoms with Gasteiger partial charge in [0.15, 0.2) is 5.15 Å². The lowest BCUT2D eigenvalue weighted by molar-refractivity contribution is 0.310. The molecule has 1 aromatic carbocycles. The fourth-order valence-corrected chi connectivity index (χ4v) is 5.52. The summed E-state index contributed by atoms with van der Waals surface area (Å²) < 4.78 is 31.9. The Kier molecular flexibility index (Phi) is 6.09. The van der Waals surface area contributed by atoms with E-state index in [1.165, 1.54) is 5.56 Å². The van der Waals surface area contributed by atoms with Crippen LogP contribution in [0.5, 0.6) is 5.75 Å². The fourth-order valence-electron chi connectivity index (χ4n) is 4.76. The minimum Gasteiger partial charge on any atom is -0.491 e. The van der Waals surface area contributed by atoms with Crippen molar-refractivity contribution >= 4 is 33.1 Å². The van der Waals surface area contributed by atoms with Crippen molar-refractivity contribution in [1.82, 2.24) is 15.0 Å². The molecule has 3 aromatic rings. The SMILES string of the molecule is CC1(C)CCc2ncnc(N3CCOc4ccc(-c5cnc(Cl)c(NS(C)(=O)=O)c5)cc4C3)c2C1. The Balaban J connectivity index is 1.49. The predicted molar refractivity (Wildman–Crippen MR) is 138 cm³/mol. The van der Waals surface area contributed by atoms with E-state index in [0.717, 1.165) is 66.0 Å². The largest absolute Gasteiger partial charge is 0.491 e. The first-order chi connectivity index (χ1) is 16.6. The molecule has 35 heavy (non-hydrogen) atoms. The molecule has 0 bridgehead atoms. The Labute approximate surface area is 210 Å². The average molecular weight is 514 g/mol. The third-order valence-corrected chi connectivity index (χ3v) is 7.41. The zero-order valence-electron chi connectivity index (χ0n) is 20.0. The Hall–Kier alpha value is -2.91. The van der Waals surface area contributed by atoms with Crippen molar-refractivity contribution in [1.29, 1.82) is 0 Å². The second kappa shape index (κ2) is 8.95. The highest BCUT2D eigenvalue weighted by Gasteiger charge is 2.30. The topological polar surface area (TPSA) is 97.3 Å². The summed E-state index contributed by atoms with van der Waals surface area (Å²) in [6.45, 7) is 6.51. The van der Waals surface area contributed by atoms with E-state index in [0.29, 0.717) is 13.2 Å². The standard InChI is InChI=1S/C25H28ClN5O3S/c1-25(2)7-6-20-19(12-25)24(29-15-28-20)31-8-9-34-22-5-4-16(10-18(22)14-31)17-11-21(23(26)27-13-17)30-35(3,32)33/h4-5,10-11,13,15,30H,6-9,12,14H2,1-3H3. The molecular formula is C25H28ClN5O3S. The number of anilines is 2. The summed E-state index contributed by atoms with van der Waals surface area (Å²) in [6.07, 6.45) is 7.43. The molecule has 0 unspecified atom stereocenters. The van der Waals surface area contributed by atoms with Crippen molar-refractivity contribution in [3.8, 4) is 16.9 Å². The van der Waals surface area contributed by atoms with E-state index in [1.807, 2.05) is 12.1 Å². The Morgan fingerprint density at radius 3 is 2.77 bits per heavy atom. The first-order valence-electron chi connectivity index (χ1n) is 11.6. The number of nitrogens with zero attached hydrogens (tertiary/aromatic N) is 4. The van der Waals surface area contributed by atoms with Gasteiger partial charge in [-0.25, -0.2) is 23.4 Å². The molecule has 1 aliphatic heterocycles. The summed E-state index contributed by atoms with van der Waals surface area (Å²) in [5.74, 6) is 1.81. The Morgan fingerprint density at radius 2 is 1.97 bits per heavy atom. The van der Waals surface area contributed by atoms with Crippen molar-refractivity contribution < 1.29 is 13.2 Å². The van der Waals surface area contributed by atoms with Crippen LogP contribution in [-0.4, -0.2) is 42.8 Å². The van der Waals surface area contributed by atoms with Gasteiger partial charge < -0.3 is 9.64 Å². The van der Waals surface area contributed by atoms with Crippen LogP contribution in [0.2, 0.25) is 5.15 Å². The van der Waals surface area contributed by atoms with Gasteiger partial charge in [-0.15, -0.1) is 0 Å². The normalized spacial score (nSPS) is 17.1. The monoisotopic (exact) mass is 513 g/mol. The second-order valence-electron chi connectivity index (χ2n) is 9.99. The highest BCUT2D eigenvalue weighted by Crippen LogP contribution is 2.39. The smallest absolute Gasteiger partial charge is 0.229 e. The van der Waals surface area contributed by atoms with E-state index in [1.54, 1.807) is 18.6 Å². The number of hydrogen-bond acceptors (Lipinski definition) is 7. The number of halogens is 1. The summed E-state index contributed by atoms with van der Waals surface area (Å²) in [4.78, 5) is 15.7. The predicted octanol–water partition coefficient (Wildman–Crippen LogP) is 4.48. The summed E-state index contributed by atoms with van der Waals surface area (Å²) in [5.41, 5.74) is 5.51. The minimum atomic E-state index is -3.48. The van der Waals surface area contributed by atoms with Gasteiger partial charge in [0.05, 0.1) is 18.5 Å². The molecule has 0 amide bonds. The third-order valence-electron chi connectivity index (χ3n) is 6.51. The molecule has 0 fully saturated rings. The molecule has 0 radical (unpaired) electrons. The summed E-state index contributed by atoms with van der Waals surface area (Å²) in [6, 6.07) is 7.64. The summed E-state index contributed by atoms with van der Waals surface area (Å²) in [5, 5.41) is 0.0971. The zero-order chi connectivity index (χ0) is 24.8. The molecule has 0 atom stereocenters. The van der Waals surface area contributed by atoms with Crippen LogP contribution in [-0.2, 0) is 29.4 Å². The quantitative estimate of drug-likeness (QED) is 0.514. The lowest BCUT2D eigenvalue weighted by Gasteiger charge is -2.33. The van der Waals surface area contributed by atoms with E-state index in [2.05, 4.69) is 39.5 Å². The van der Waals surface area contributed by atoms with Crippen LogP contribution in [0, 0.1) is 5.41 Å². The van der Waals surface area contributed by atoms with Crippen molar-refractivity contribution in [2.24, 2.45) is 5.41 Å². The molecule has 1 aliphatic carbocycles. The molecule has 2 aliphatic rings. The maximum absolute atomic E-state index is 11.7. The molecule has 5 rings (SSSR count). The van der Waals surface area contributed by atoms with Gasteiger partial charge in [0.1, 0.15) is 24.5 Å². The lowest BCUT2D eigenvalue weighted by Crippen LogP contribution is -2.31. The van der Waals surface area contributed by atoms with E-state index in [9.17, 15) is 8.42 Å². The molecule has 0 saturated carbocycles. The van der Waals surface area contributed by atoms with Crippen molar-refractivity contribution in [3.63, 3.8) is 0 Å². The molecule has 3 heterocycles. The van der Waals surface area contributed by atoms with E-state index in [4.69, 9.17) is 21.3 Å². The number of benzene rings is 1. The lowest BCUT2D eigenvalue weighted by atomic mass is 9.76. The third kappa shape index (κ3) is 5.21. The second-order valence-corrected chi connectivity index (χ2v) is 12.1. The molecule has 2 aromatic heterocycles. The highest BCUT2D eigenvalue weighted by molar-refractivity contribution is 7.92. The molecule has 1 N–H and O–H groups in total. The number of sulfonamides is 1. The fraction of sp³-hybridized carbons (Fsp3) is 0.400. The average Bonchev–Trinajstić information content (AvgIpc) is 3.00. The van der Waals surface area contributed by atoms with Crippen LogP contribution >= 0.6 is 11.6 Å². The van der Waals surface area contributed by atoms with Crippen LogP contribution in [0.4, 0.5) is 11.5 Å². The first-order valence-corrected chi connectivity index (χ1v) is 13.8. The number of hydrogen-bond donors (Lipinski definition) is 1. The van der Waals surface area contributed by atoms with Crippen LogP contribution < -0.4 is 14.4 Å². The van der Waals surface area contributed by atoms with Crippen LogP contribution in [0.3, 0.4) is 0 Å². The van der Waals surface area contributed by atoms with Gasteiger partial charge in [0, 0.05) is 35.1 Å². The van der Waals surface area contributed by atoms with Crippen LogP contribution in [0.25, 0.3) is 11.1 Å². The van der Waals surface area contributed by atoms with E-state index in [-0.39, 0.29) is 16.3 Å². The first kappa shape index (κ1) is 23.8. The maximum atomic E-state index is 11.7. The molecule has 8 nitrogen and oxygen atoms in total. The van der Waals surface area contributed by atoms with Gasteiger partial charge in [0.2, 0.25) is 10.0 Å². The minimum absolute atomic E-state index is 0.0971. The number of aromatic nitrogens is 3. The number of rotatable bonds is 4. The van der Waals surface area contributed by atoms with E-state index < -0.39 is 10.0 Å². The van der Waals surface area contributed by atoms with Gasteiger partial charge in [0.25, 0.3) is 0 Å². The molecule has 0 saturated heterocycles. The van der Waals surface area contributed by atoms with Gasteiger partial charge in [-0.1, -0.05) is 31.5 Å². The van der Waals surface area contributed by atoms with Crippen LogP contribution in [0.1, 0.15) is 37.1 Å². The molecule has 184 valence electrons. The summed E-state index contributed by atoms with van der Waals surface area (Å²) in [7, 11) is -3.48. The number of aryl methyl sites for hydroxylation is 1. The number of ether oxygens (including phenoxy) is 1. The number of fused-ring (bicyclic) bond motifs is 2. The number of pyridine rings is 1. The van der Waals surface area contributed by atoms with Gasteiger partial charge in [-0.05, 0) is 48.4 Å². The van der Waals surface area contributed by atoms with Crippen molar-refractivity contribution in [3.05, 3.63) is 58.8 Å². The van der Waals surface area contributed by atoms with E-state index >= 15 is 0 Å².